The molecule has 1 heterocycles. The summed E-state index contributed by atoms with van der Waals surface area (Å²) >= 11 is 0.752. The van der Waals surface area contributed by atoms with Crippen LogP contribution in [-0.2, 0) is 6.18 Å². The van der Waals surface area contributed by atoms with Gasteiger partial charge in [-0.3, -0.25) is 5.32 Å². The van der Waals surface area contributed by atoms with Gasteiger partial charge in [0.05, 0.1) is 0 Å². The fraction of sp³-hybridized carbons (Fsp3) is 0.538. The van der Waals surface area contributed by atoms with Crippen molar-refractivity contribution in [2.75, 3.05) is 11.9 Å². The molecule has 1 aliphatic carbocycles. The second kappa shape index (κ2) is 6.93. The maximum absolute atomic E-state index is 12.4. The Bertz CT molecular complexity index is 525. The summed E-state index contributed by atoms with van der Waals surface area (Å²) in [6, 6.07) is -0.533. The minimum Gasteiger partial charge on any atom is -0.337 e. The molecule has 0 atom stereocenters. The lowest BCUT2D eigenvalue weighted by atomic mass is 9.97. The molecular weight excluding hydrogens is 303 g/mol. The molecule has 116 valence electrons. The van der Waals surface area contributed by atoms with E-state index in [4.69, 9.17) is 0 Å². The molecule has 0 aliphatic heterocycles. The second-order valence-corrected chi connectivity index (χ2v) is 5.63. The number of nitrogens with zero attached hydrogens (tertiary/aromatic N) is 1. The Morgan fingerprint density at radius 2 is 2.19 bits per heavy atom. The molecule has 0 spiro atoms. The topological polar surface area (TPSA) is 54.0 Å². The van der Waals surface area contributed by atoms with Crippen LogP contribution in [-0.4, -0.2) is 17.6 Å². The fourth-order valence-corrected chi connectivity index (χ4v) is 2.78. The lowest BCUT2D eigenvalue weighted by Gasteiger charge is -2.12. The molecule has 1 aromatic rings. The van der Waals surface area contributed by atoms with Crippen LogP contribution < -0.4 is 10.6 Å². The minimum absolute atomic E-state index is 0.0586. The Kier molecular flexibility index (Phi) is 5.22. The van der Waals surface area contributed by atoms with Gasteiger partial charge in [0.1, 0.15) is 0 Å². The highest BCUT2D eigenvalue weighted by Crippen LogP contribution is 2.31. The molecule has 2 rings (SSSR count). The lowest BCUT2D eigenvalue weighted by Crippen LogP contribution is -2.29. The van der Waals surface area contributed by atoms with Crippen LogP contribution in [0.15, 0.2) is 17.0 Å². The predicted molar refractivity (Wildman–Crippen MR) is 75.3 cm³/mol. The molecule has 2 amide bonds. The van der Waals surface area contributed by atoms with Crippen molar-refractivity contribution in [1.29, 1.82) is 0 Å². The lowest BCUT2D eigenvalue weighted by molar-refractivity contribution is -0.140. The van der Waals surface area contributed by atoms with Gasteiger partial charge in [-0.1, -0.05) is 11.6 Å². The van der Waals surface area contributed by atoms with Crippen LogP contribution in [0.3, 0.4) is 0 Å². The molecule has 0 aromatic carbocycles. The van der Waals surface area contributed by atoms with E-state index in [-0.39, 0.29) is 5.13 Å². The molecule has 21 heavy (non-hydrogen) atoms. The first-order chi connectivity index (χ1) is 9.95. The van der Waals surface area contributed by atoms with E-state index in [1.807, 2.05) is 0 Å². The zero-order valence-corrected chi connectivity index (χ0v) is 12.1. The van der Waals surface area contributed by atoms with E-state index in [0.29, 0.717) is 6.54 Å². The van der Waals surface area contributed by atoms with E-state index < -0.39 is 17.9 Å². The van der Waals surface area contributed by atoms with Crippen molar-refractivity contribution < 1.29 is 18.0 Å². The number of hydrogen-bond acceptors (Lipinski definition) is 3. The van der Waals surface area contributed by atoms with E-state index in [2.05, 4.69) is 21.7 Å². The number of thiazole rings is 1. The SMILES string of the molecule is O=C(NCCC1=CCCCC1)Nc1nc(C(F)(F)F)cs1. The number of carbonyl (C=O) groups is 1. The molecule has 1 aromatic heterocycles. The summed E-state index contributed by atoms with van der Waals surface area (Å²) in [7, 11) is 0. The van der Waals surface area contributed by atoms with Crippen molar-refractivity contribution in [2.45, 2.75) is 38.3 Å². The molecular formula is C13H16F3N3OS. The summed E-state index contributed by atoms with van der Waals surface area (Å²) in [6.07, 6.45) is 3.02. The predicted octanol–water partition coefficient (Wildman–Crippen LogP) is 4.17. The smallest absolute Gasteiger partial charge is 0.337 e. The number of aromatic nitrogens is 1. The number of hydrogen-bond donors (Lipinski definition) is 2. The van der Waals surface area contributed by atoms with Crippen molar-refractivity contribution >= 4 is 22.5 Å². The van der Waals surface area contributed by atoms with E-state index in [9.17, 15) is 18.0 Å². The van der Waals surface area contributed by atoms with Gasteiger partial charge in [-0.05, 0) is 32.1 Å². The van der Waals surface area contributed by atoms with Gasteiger partial charge < -0.3 is 5.32 Å². The highest BCUT2D eigenvalue weighted by atomic mass is 32.1. The van der Waals surface area contributed by atoms with Gasteiger partial charge in [0.2, 0.25) is 0 Å². The van der Waals surface area contributed by atoms with Crippen LogP contribution in [0.4, 0.5) is 23.1 Å². The quantitative estimate of drug-likeness (QED) is 0.818. The van der Waals surface area contributed by atoms with E-state index >= 15 is 0 Å². The van der Waals surface area contributed by atoms with E-state index in [1.54, 1.807) is 0 Å². The average molecular weight is 319 g/mol. The molecule has 0 radical (unpaired) electrons. The number of urea groups is 1. The van der Waals surface area contributed by atoms with Gasteiger partial charge >= 0.3 is 12.2 Å². The number of nitrogens with one attached hydrogen (secondary N) is 2. The zero-order valence-electron chi connectivity index (χ0n) is 11.3. The Morgan fingerprint density at radius 3 is 2.81 bits per heavy atom. The third kappa shape index (κ3) is 5.04. The Hall–Kier alpha value is -1.57. The monoisotopic (exact) mass is 319 g/mol. The van der Waals surface area contributed by atoms with Crippen LogP contribution >= 0.6 is 11.3 Å². The van der Waals surface area contributed by atoms with Gasteiger partial charge in [0.15, 0.2) is 10.8 Å². The maximum Gasteiger partial charge on any atom is 0.434 e. The van der Waals surface area contributed by atoms with Gasteiger partial charge in [-0.15, -0.1) is 11.3 Å². The molecule has 0 bridgehead atoms. The highest BCUT2D eigenvalue weighted by Gasteiger charge is 2.33. The second-order valence-electron chi connectivity index (χ2n) is 4.77. The first-order valence-corrected chi connectivity index (χ1v) is 7.58. The molecule has 0 fully saturated rings. The van der Waals surface area contributed by atoms with Crippen molar-refractivity contribution in [3.05, 3.63) is 22.7 Å². The van der Waals surface area contributed by atoms with Crippen LogP contribution in [0.1, 0.15) is 37.8 Å². The number of amides is 2. The van der Waals surface area contributed by atoms with Gasteiger partial charge in [-0.2, -0.15) is 13.2 Å². The maximum atomic E-state index is 12.4. The van der Waals surface area contributed by atoms with E-state index in [1.165, 1.54) is 18.4 Å². The minimum atomic E-state index is -4.49. The number of alkyl halides is 3. The summed E-state index contributed by atoms with van der Waals surface area (Å²) in [5.41, 5.74) is 0.338. The molecule has 0 saturated heterocycles. The zero-order chi connectivity index (χ0) is 15.3. The summed E-state index contributed by atoms with van der Waals surface area (Å²) in [5, 5.41) is 5.75. The molecule has 1 aliphatic rings. The van der Waals surface area contributed by atoms with Crippen LogP contribution in [0.2, 0.25) is 0 Å². The average Bonchev–Trinajstić information content (AvgIpc) is 2.88. The van der Waals surface area contributed by atoms with E-state index in [0.717, 1.165) is 36.0 Å². The number of carbonyl (C=O) groups excluding carboxylic acids is 1. The fourth-order valence-electron chi connectivity index (χ4n) is 2.07. The molecule has 4 nitrogen and oxygen atoms in total. The Labute approximate surface area is 124 Å². The Morgan fingerprint density at radius 1 is 1.38 bits per heavy atom. The van der Waals surface area contributed by atoms with Crippen LogP contribution in [0.25, 0.3) is 0 Å². The van der Waals surface area contributed by atoms with Gasteiger partial charge in [-0.25, -0.2) is 9.78 Å². The summed E-state index contributed by atoms with van der Waals surface area (Å²) in [6.45, 7) is 0.467. The standard InChI is InChI=1S/C13H16F3N3OS/c14-13(15,16)10-8-21-12(18-10)19-11(20)17-7-6-9-4-2-1-3-5-9/h4,8H,1-3,5-7H2,(H2,17,18,19,20). The Balaban J connectivity index is 1.74. The summed E-state index contributed by atoms with van der Waals surface area (Å²) in [4.78, 5) is 14.9. The largest absolute Gasteiger partial charge is 0.434 e. The molecule has 0 unspecified atom stereocenters. The number of halogens is 3. The molecule has 0 saturated carbocycles. The normalized spacial score (nSPS) is 15.5. The first kappa shape index (κ1) is 15.8. The van der Waals surface area contributed by atoms with Gasteiger partial charge in [0, 0.05) is 11.9 Å². The third-order valence-corrected chi connectivity index (χ3v) is 3.89. The number of allylic oxidation sites excluding steroid dienone is 1. The highest BCUT2D eigenvalue weighted by molar-refractivity contribution is 7.13. The number of rotatable bonds is 4. The molecule has 2 N–H and O–H groups in total. The van der Waals surface area contributed by atoms with Gasteiger partial charge in [0.25, 0.3) is 0 Å². The third-order valence-electron chi connectivity index (χ3n) is 3.13. The van der Waals surface area contributed by atoms with Crippen molar-refractivity contribution in [3.63, 3.8) is 0 Å². The van der Waals surface area contributed by atoms with Crippen molar-refractivity contribution in [2.24, 2.45) is 0 Å². The molecule has 8 heteroatoms. The van der Waals surface area contributed by atoms with Crippen molar-refractivity contribution in [1.82, 2.24) is 10.3 Å². The van der Waals surface area contributed by atoms with Crippen molar-refractivity contribution in [3.8, 4) is 0 Å². The van der Waals surface area contributed by atoms with Crippen LogP contribution in [0.5, 0.6) is 0 Å². The van der Waals surface area contributed by atoms with Crippen LogP contribution in [0, 0.1) is 0 Å². The number of anilines is 1. The summed E-state index contributed by atoms with van der Waals surface area (Å²) in [5.74, 6) is 0. The summed E-state index contributed by atoms with van der Waals surface area (Å²) < 4.78 is 37.1. The first-order valence-electron chi connectivity index (χ1n) is 6.70.